The zero-order valence-corrected chi connectivity index (χ0v) is 10.8. The van der Waals surface area contributed by atoms with Crippen molar-refractivity contribution in [1.29, 1.82) is 0 Å². The third-order valence-electron chi connectivity index (χ3n) is 3.84. The molecule has 1 aliphatic heterocycles. The molecule has 0 spiro atoms. The lowest BCUT2D eigenvalue weighted by molar-refractivity contribution is 0.0991. The second-order valence-corrected chi connectivity index (χ2v) is 4.98. The minimum absolute atomic E-state index is 0.0322. The van der Waals surface area contributed by atoms with Gasteiger partial charge in [-0.3, -0.25) is 9.89 Å². The van der Waals surface area contributed by atoms with Crippen molar-refractivity contribution >= 4 is 22.5 Å². The van der Waals surface area contributed by atoms with Crippen molar-refractivity contribution in [3.05, 3.63) is 59.8 Å². The molecule has 0 radical (unpaired) electrons. The number of aromatic amines is 1. The Hall–Kier alpha value is -2.62. The van der Waals surface area contributed by atoms with Crippen LogP contribution in [-0.2, 0) is 6.42 Å². The Morgan fingerprint density at radius 1 is 1.15 bits per heavy atom. The van der Waals surface area contributed by atoms with Crippen molar-refractivity contribution in [2.45, 2.75) is 6.42 Å². The van der Waals surface area contributed by atoms with Gasteiger partial charge in [-0.2, -0.15) is 5.10 Å². The lowest BCUT2D eigenvalue weighted by Gasteiger charge is -2.17. The van der Waals surface area contributed by atoms with Crippen LogP contribution in [0, 0.1) is 0 Å². The first-order chi connectivity index (χ1) is 9.84. The molecule has 0 saturated heterocycles. The van der Waals surface area contributed by atoms with E-state index in [1.165, 1.54) is 5.56 Å². The molecule has 4 rings (SSSR count). The SMILES string of the molecule is O=C(c1cccc2cn[nH]c12)N1CCc2ccccc21. The van der Waals surface area contributed by atoms with Gasteiger partial charge < -0.3 is 4.90 Å². The minimum Gasteiger partial charge on any atom is -0.308 e. The van der Waals surface area contributed by atoms with Gasteiger partial charge in [0.2, 0.25) is 0 Å². The molecule has 2 heterocycles. The van der Waals surface area contributed by atoms with E-state index in [1.807, 2.05) is 41.3 Å². The Morgan fingerprint density at radius 2 is 2.05 bits per heavy atom. The van der Waals surface area contributed by atoms with Crippen molar-refractivity contribution in [3.63, 3.8) is 0 Å². The highest BCUT2D eigenvalue weighted by Gasteiger charge is 2.26. The molecule has 1 aliphatic rings. The van der Waals surface area contributed by atoms with Crippen LogP contribution in [0.2, 0.25) is 0 Å². The molecular weight excluding hydrogens is 250 g/mol. The van der Waals surface area contributed by atoms with Gasteiger partial charge in [0.25, 0.3) is 5.91 Å². The number of aromatic nitrogens is 2. The summed E-state index contributed by atoms with van der Waals surface area (Å²) in [6.07, 6.45) is 2.66. The third-order valence-corrected chi connectivity index (χ3v) is 3.84. The number of carbonyl (C=O) groups excluding carboxylic acids is 1. The van der Waals surface area contributed by atoms with Crippen LogP contribution in [0.3, 0.4) is 0 Å². The van der Waals surface area contributed by atoms with Gasteiger partial charge in [-0.15, -0.1) is 0 Å². The summed E-state index contributed by atoms with van der Waals surface area (Å²) in [5.74, 6) is 0.0322. The van der Waals surface area contributed by atoms with Crippen molar-refractivity contribution in [3.8, 4) is 0 Å². The van der Waals surface area contributed by atoms with E-state index >= 15 is 0 Å². The molecule has 0 atom stereocenters. The first-order valence-electron chi connectivity index (χ1n) is 6.66. The number of amides is 1. The molecule has 0 aliphatic carbocycles. The molecule has 3 aromatic rings. The van der Waals surface area contributed by atoms with Gasteiger partial charge in [-0.05, 0) is 24.1 Å². The topological polar surface area (TPSA) is 49.0 Å². The molecule has 0 saturated carbocycles. The van der Waals surface area contributed by atoms with E-state index in [4.69, 9.17) is 0 Å². The standard InChI is InChI=1S/C16H13N3O/c20-16(13-6-3-5-12-10-17-18-15(12)13)19-9-8-11-4-1-2-7-14(11)19/h1-7,10H,8-9H2,(H,17,18). The Bertz CT molecular complexity index is 806. The van der Waals surface area contributed by atoms with Crippen LogP contribution < -0.4 is 4.90 Å². The van der Waals surface area contributed by atoms with Gasteiger partial charge in [0.15, 0.2) is 0 Å². The quantitative estimate of drug-likeness (QED) is 0.734. The molecule has 98 valence electrons. The fourth-order valence-electron chi connectivity index (χ4n) is 2.84. The van der Waals surface area contributed by atoms with Crippen molar-refractivity contribution in [1.82, 2.24) is 10.2 Å². The zero-order chi connectivity index (χ0) is 13.5. The van der Waals surface area contributed by atoms with Crippen molar-refractivity contribution < 1.29 is 4.79 Å². The predicted octanol–water partition coefficient (Wildman–Crippen LogP) is 2.77. The van der Waals surface area contributed by atoms with E-state index < -0.39 is 0 Å². The highest BCUT2D eigenvalue weighted by atomic mass is 16.2. The summed E-state index contributed by atoms with van der Waals surface area (Å²) in [5, 5.41) is 7.90. The molecule has 1 amide bonds. The molecular formula is C16H13N3O. The first-order valence-corrected chi connectivity index (χ1v) is 6.66. The van der Waals surface area contributed by atoms with E-state index in [-0.39, 0.29) is 5.91 Å². The van der Waals surface area contributed by atoms with Gasteiger partial charge >= 0.3 is 0 Å². The fourth-order valence-corrected chi connectivity index (χ4v) is 2.84. The van der Waals surface area contributed by atoms with E-state index in [2.05, 4.69) is 16.3 Å². The lowest BCUT2D eigenvalue weighted by atomic mass is 10.1. The average molecular weight is 263 g/mol. The number of carbonyl (C=O) groups is 1. The second kappa shape index (κ2) is 4.20. The van der Waals surface area contributed by atoms with Gasteiger partial charge in [0.1, 0.15) is 0 Å². The number of fused-ring (bicyclic) bond motifs is 2. The predicted molar refractivity (Wildman–Crippen MR) is 77.9 cm³/mol. The maximum Gasteiger partial charge on any atom is 0.260 e. The number of benzene rings is 2. The number of anilines is 1. The third kappa shape index (κ3) is 1.54. The Labute approximate surface area is 116 Å². The van der Waals surface area contributed by atoms with Crippen molar-refractivity contribution in [2.75, 3.05) is 11.4 Å². The van der Waals surface area contributed by atoms with E-state index in [9.17, 15) is 4.79 Å². The van der Waals surface area contributed by atoms with E-state index in [1.54, 1.807) is 6.20 Å². The van der Waals surface area contributed by atoms with Gasteiger partial charge in [-0.25, -0.2) is 0 Å². The minimum atomic E-state index is 0.0322. The highest BCUT2D eigenvalue weighted by Crippen LogP contribution is 2.29. The molecule has 0 fully saturated rings. The maximum absolute atomic E-state index is 12.8. The molecule has 2 aromatic carbocycles. The number of nitrogens with one attached hydrogen (secondary N) is 1. The smallest absolute Gasteiger partial charge is 0.260 e. The number of H-pyrrole nitrogens is 1. The monoisotopic (exact) mass is 263 g/mol. The van der Waals surface area contributed by atoms with Crippen LogP contribution in [0.15, 0.2) is 48.7 Å². The first kappa shape index (κ1) is 11.2. The summed E-state index contributed by atoms with van der Waals surface area (Å²) in [6.45, 7) is 0.739. The number of para-hydroxylation sites is 2. The highest BCUT2D eigenvalue weighted by molar-refractivity contribution is 6.13. The zero-order valence-electron chi connectivity index (χ0n) is 10.8. The van der Waals surface area contributed by atoms with Gasteiger partial charge in [0, 0.05) is 17.6 Å². The Morgan fingerprint density at radius 3 is 3.00 bits per heavy atom. The molecule has 0 bridgehead atoms. The number of hydrogen-bond acceptors (Lipinski definition) is 2. The van der Waals surface area contributed by atoms with Gasteiger partial charge in [0.05, 0.1) is 17.3 Å². The second-order valence-electron chi connectivity index (χ2n) is 4.98. The largest absolute Gasteiger partial charge is 0.308 e. The molecule has 4 nitrogen and oxygen atoms in total. The summed E-state index contributed by atoms with van der Waals surface area (Å²) >= 11 is 0. The Balaban J connectivity index is 1.81. The molecule has 0 unspecified atom stereocenters. The van der Waals surface area contributed by atoms with E-state index in [0.717, 1.165) is 29.6 Å². The van der Waals surface area contributed by atoms with E-state index in [0.29, 0.717) is 5.56 Å². The molecule has 20 heavy (non-hydrogen) atoms. The van der Waals surface area contributed by atoms with Crippen LogP contribution in [0.4, 0.5) is 5.69 Å². The van der Waals surface area contributed by atoms with Crippen LogP contribution in [0.25, 0.3) is 10.9 Å². The molecule has 1 aromatic heterocycles. The summed E-state index contributed by atoms with van der Waals surface area (Å²) in [7, 11) is 0. The van der Waals surface area contributed by atoms with Crippen molar-refractivity contribution in [2.24, 2.45) is 0 Å². The average Bonchev–Trinajstić information content (AvgIpc) is 3.12. The van der Waals surface area contributed by atoms with Crippen LogP contribution in [-0.4, -0.2) is 22.6 Å². The maximum atomic E-state index is 12.8. The number of rotatable bonds is 1. The molecule has 4 heteroatoms. The van der Waals surface area contributed by atoms with Crippen LogP contribution >= 0.6 is 0 Å². The normalized spacial score (nSPS) is 13.7. The number of nitrogens with zero attached hydrogens (tertiary/aromatic N) is 2. The lowest BCUT2D eigenvalue weighted by Crippen LogP contribution is -2.29. The van der Waals surface area contributed by atoms with Crippen LogP contribution in [0.5, 0.6) is 0 Å². The fraction of sp³-hybridized carbons (Fsp3) is 0.125. The summed E-state index contributed by atoms with van der Waals surface area (Å²) < 4.78 is 0. The number of hydrogen-bond donors (Lipinski definition) is 1. The Kier molecular flexibility index (Phi) is 2.36. The molecule has 1 N–H and O–H groups in total. The summed E-state index contributed by atoms with van der Waals surface area (Å²) in [5.41, 5.74) is 3.74. The van der Waals surface area contributed by atoms with Crippen LogP contribution in [0.1, 0.15) is 15.9 Å². The summed E-state index contributed by atoms with van der Waals surface area (Å²) in [4.78, 5) is 14.7. The van der Waals surface area contributed by atoms with Gasteiger partial charge in [-0.1, -0.05) is 30.3 Å². The summed E-state index contributed by atoms with van der Waals surface area (Å²) in [6, 6.07) is 13.8.